The molecule has 2 aromatic heterocycles. The number of H-pyrrole nitrogens is 2. The predicted molar refractivity (Wildman–Crippen MR) is 230 cm³/mol. The van der Waals surface area contributed by atoms with Gasteiger partial charge in [-0.05, 0) is 74.1 Å². The van der Waals surface area contributed by atoms with E-state index in [2.05, 4.69) is 68.8 Å². The van der Waals surface area contributed by atoms with Crippen LogP contribution in [-0.4, -0.2) is 119 Å². The monoisotopic (exact) mass is 858 g/mol. The zero-order chi connectivity index (χ0) is 43.6. The van der Waals surface area contributed by atoms with Crippen molar-refractivity contribution in [2.24, 2.45) is 17.8 Å². The number of carbonyl (C=O) groups excluding carboxylic acids is 4. The minimum atomic E-state index is -0.794. The Morgan fingerprint density at radius 3 is 1.63 bits per heavy atom. The molecule has 2 aromatic carbocycles. The van der Waals surface area contributed by atoms with E-state index in [0.29, 0.717) is 44.5 Å². The number of aromatic nitrogens is 4. The molecule has 6 heterocycles. The van der Waals surface area contributed by atoms with E-state index in [4.69, 9.17) is 28.9 Å². The van der Waals surface area contributed by atoms with Gasteiger partial charge in [-0.3, -0.25) is 9.59 Å². The molecular formula is C47H54N8O8. The summed E-state index contributed by atoms with van der Waals surface area (Å²) in [4.78, 5) is 73.3. The Morgan fingerprint density at radius 2 is 1.17 bits per heavy atom. The van der Waals surface area contributed by atoms with Crippen LogP contribution in [0.1, 0.15) is 75.6 Å². The Labute approximate surface area is 366 Å². The van der Waals surface area contributed by atoms with Crippen molar-refractivity contribution in [1.82, 2.24) is 40.4 Å². The van der Waals surface area contributed by atoms with Gasteiger partial charge in [0.05, 0.1) is 69.2 Å². The molecule has 9 atom stereocenters. The van der Waals surface area contributed by atoms with Crippen molar-refractivity contribution in [2.45, 2.75) is 88.1 Å². The lowest BCUT2D eigenvalue weighted by Crippen LogP contribution is -2.56. The number of hydrogen-bond donors (Lipinski definition) is 4. The molecule has 16 nitrogen and oxygen atoms in total. The van der Waals surface area contributed by atoms with Crippen LogP contribution >= 0.6 is 0 Å². The molecule has 4 aromatic rings. The summed E-state index contributed by atoms with van der Waals surface area (Å²) in [7, 11) is 2.60. The molecule has 1 aliphatic carbocycles. The number of methoxy groups -OCH3 is 2. The van der Waals surface area contributed by atoms with E-state index in [1.54, 1.807) is 11.1 Å². The number of likely N-dealkylation sites (tertiary alicyclic amines) is 2. The van der Waals surface area contributed by atoms with Gasteiger partial charge < -0.3 is 49.3 Å². The van der Waals surface area contributed by atoms with E-state index in [9.17, 15) is 19.2 Å². The molecule has 9 rings (SSSR count). The van der Waals surface area contributed by atoms with Gasteiger partial charge in [-0.2, -0.15) is 0 Å². The Hall–Kier alpha value is -6.18. The minimum Gasteiger partial charge on any atom is -0.453 e. The molecule has 4 aliphatic heterocycles. The third-order valence-corrected chi connectivity index (χ3v) is 13.4. The molecular weight excluding hydrogens is 805 g/mol. The van der Waals surface area contributed by atoms with Gasteiger partial charge in [0.25, 0.3) is 0 Å². The van der Waals surface area contributed by atoms with Crippen molar-refractivity contribution in [3.63, 3.8) is 0 Å². The normalized spacial score (nSPS) is 26.0. The summed E-state index contributed by atoms with van der Waals surface area (Å²) in [6.45, 7) is 4.12. The fraction of sp³-hybridized carbons (Fsp3) is 0.489. The molecule has 0 spiro atoms. The Bertz CT molecular complexity index is 2360. The number of alkyl carbamates (subject to hydrolysis) is 2. The molecule has 5 aliphatic rings. The SMILES string of the molecule is COC(=O)N[C@@H](C(=O)N1[C@H](C)CC[C@H]1c1ncc(-c2ccc(-c3ccc(-c4cnc([C@@H]5C[C@H]6C#C[C@H]6N5C(=O)[C@H](NC(=O)OC)[C@@H]5CCCOC5)[nH]4)cc3)cc2)[nH]1)C1CCCOC1. The topological polar surface area (TPSA) is 193 Å². The molecule has 4 fully saturated rings. The van der Waals surface area contributed by atoms with Gasteiger partial charge in [0.2, 0.25) is 11.8 Å². The maximum absolute atomic E-state index is 14.3. The second-order valence-electron chi connectivity index (χ2n) is 17.2. The van der Waals surface area contributed by atoms with Crippen LogP contribution in [0.5, 0.6) is 0 Å². The number of hydrogen-bond acceptors (Lipinski definition) is 10. The maximum atomic E-state index is 14.3. The summed E-state index contributed by atoms with van der Waals surface area (Å²) < 4.78 is 21.2. The van der Waals surface area contributed by atoms with Gasteiger partial charge in [-0.1, -0.05) is 60.4 Å². The number of rotatable bonds is 11. The highest BCUT2D eigenvalue weighted by molar-refractivity contribution is 5.88. The zero-order valence-corrected chi connectivity index (χ0v) is 35.8. The summed E-state index contributed by atoms with van der Waals surface area (Å²) in [5.74, 6) is 7.17. The molecule has 0 bridgehead atoms. The number of imidazole rings is 2. The van der Waals surface area contributed by atoms with Crippen molar-refractivity contribution in [2.75, 3.05) is 40.6 Å². The summed E-state index contributed by atoms with van der Waals surface area (Å²) in [5.41, 5.74) is 5.67. The van der Waals surface area contributed by atoms with Gasteiger partial charge in [0.1, 0.15) is 29.8 Å². The summed E-state index contributed by atoms with van der Waals surface area (Å²) in [6, 6.07) is 14.1. The first kappa shape index (κ1) is 42.1. The van der Waals surface area contributed by atoms with Crippen LogP contribution in [0.2, 0.25) is 0 Å². The molecule has 4 N–H and O–H groups in total. The Balaban J connectivity index is 0.869. The molecule has 1 unspecified atom stereocenters. The number of amides is 4. The van der Waals surface area contributed by atoms with E-state index in [-0.39, 0.29) is 53.7 Å². The molecule has 0 radical (unpaired) electrons. The third kappa shape index (κ3) is 8.51. The number of nitrogens with one attached hydrogen (secondary N) is 4. The van der Waals surface area contributed by atoms with Crippen LogP contribution in [0.3, 0.4) is 0 Å². The van der Waals surface area contributed by atoms with E-state index in [1.165, 1.54) is 14.2 Å². The van der Waals surface area contributed by atoms with E-state index >= 15 is 0 Å². The number of benzene rings is 2. The Morgan fingerprint density at radius 1 is 0.683 bits per heavy atom. The lowest BCUT2D eigenvalue weighted by Gasteiger charge is -2.36. The summed E-state index contributed by atoms with van der Waals surface area (Å²) >= 11 is 0. The van der Waals surface area contributed by atoms with Gasteiger partial charge in [0.15, 0.2) is 0 Å². The van der Waals surface area contributed by atoms with Crippen molar-refractivity contribution in [3.05, 3.63) is 72.6 Å². The quantitative estimate of drug-likeness (QED) is 0.135. The van der Waals surface area contributed by atoms with Gasteiger partial charge in [-0.25, -0.2) is 19.6 Å². The summed E-state index contributed by atoms with van der Waals surface area (Å²) in [6.07, 6.45) is 7.73. The molecule has 0 saturated carbocycles. The van der Waals surface area contributed by atoms with Crippen molar-refractivity contribution in [1.29, 1.82) is 0 Å². The highest BCUT2D eigenvalue weighted by Crippen LogP contribution is 2.43. The number of carbonyl (C=O) groups is 4. The van der Waals surface area contributed by atoms with Crippen LogP contribution in [0.4, 0.5) is 9.59 Å². The fourth-order valence-corrected chi connectivity index (χ4v) is 9.93. The van der Waals surface area contributed by atoms with Crippen LogP contribution in [-0.2, 0) is 28.5 Å². The fourth-order valence-electron chi connectivity index (χ4n) is 9.93. The number of aromatic amines is 2. The first-order chi connectivity index (χ1) is 30.7. The zero-order valence-electron chi connectivity index (χ0n) is 35.8. The van der Waals surface area contributed by atoms with E-state index in [0.717, 1.165) is 72.2 Å². The molecule has 4 amide bonds. The first-order valence-electron chi connectivity index (χ1n) is 22.0. The number of nitrogens with zero attached hydrogens (tertiary/aromatic N) is 4. The predicted octanol–water partition coefficient (Wildman–Crippen LogP) is 5.76. The van der Waals surface area contributed by atoms with Gasteiger partial charge in [-0.15, -0.1) is 0 Å². The van der Waals surface area contributed by atoms with E-state index < -0.39 is 24.3 Å². The van der Waals surface area contributed by atoms with Crippen LogP contribution in [0.25, 0.3) is 33.6 Å². The standard InChI is InChI=1S/C47H54N8O8/c1-27-8-18-38(54(27)44(56)40(52-46(58)60-2)33-6-4-20-62-25-33)42-48-23-35(50-42)30-13-9-28(10-14-30)29-11-15-31(16-12-29)36-24-49-43(51-36)39-22-32-17-19-37(32)55(39)45(57)41(53-47(59)61-3)34-7-5-21-63-26-34/h9-16,23-24,27,32-34,37-41H,4-8,18,20-22,25-26H2,1-3H3,(H,48,50)(H,49,51)(H,52,58)(H,53,59)/t27-,32-,33?,34-,37-,38+,39+,40-,41-/m1/s1. The molecule has 63 heavy (non-hydrogen) atoms. The van der Waals surface area contributed by atoms with Crippen molar-refractivity contribution < 1.29 is 38.1 Å². The second-order valence-corrected chi connectivity index (χ2v) is 17.2. The van der Waals surface area contributed by atoms with Crippen LogP contribution in [0, 0.1) is 29.6 Å². The smallest absolute Gasteiger partial charge is 0.407 e. The minimum absolute atomic E-state index is 0.0276. The van der Waals surface area contributed by atoms with Crippen LogP contribution < -0.4 is 10.6 Å². The summed E-state index contributed by atoms with van der Waals surface area (Å²) in [5, 5.41) is 5.60. The van der Waals surface area contributed by atoms with Gasteiger partial charge in [0, 0.05) is 31.1 Å². The first-order valence-corrected chi connectivity index (χ1v) is 22.0. The van der Waals surface area contributed by atoms with Crippen molar-refractivity contribution >= 4 is 24.0 Å². The van der Waals surface area contributed by atoms with Gasteiger partial charge >= 0.3 is 12.2 Å². The number of ether oxygens (including phenoxy) is 4. The van der Waals surface area contributed by atoms with Crippen molar-refractivity contribution in [3.8, 4) is 45.5 Å². The molecule has 16 heteroatoms. The second kappa shape index (κ2) is 18.3. The largest absolute Gasteiger partial charge is 0.453 e. The van der Waals surface area contributed by atoms with E-state index in [1.807, 2.05) is 30.2 Å². The molecule has 330 valence electrons. The maximum Gasteiger partial charge on any atom is 0.407 e. The molecule has 4 saturated heterocycles. The lowest BCUT2D eigenvalue weighted by molar-refractivity contribution is -0.139. The average molecular weight is 859 g/mol. The third-order valence-electron chi connectivity index (χ3n) is 13.4. The highest BCUT2D eigenvalue weighted by Gasteiger charge is 2.50. The lowest BCUT2D eigenvalue weighted by atomic mass is 9.90. The van der Waals surface area contributed by atoms with Crippen LogP contribution in [0.15, 0.2) is 60.9 Å². The Kier molecular flexibility index (Phi) is 12.2. The average Bonchev–Trinajstić information content (AvgIpc) is 4.14. The number of fused-ring (bicyclic) bond motifs is 1. The highest BCUT2D eigenvalue weighted by atomic mass is 16.5.